The van der Waals surface area contributed by atoms with Gasteiger partial charge in [-0.1, -0.05) is 0 Å². The summed E-state index contributed by atoms with van der Waals surface area (Å²) in [5.41, 5.74) is -2.91. The average molecular weight is 217 g/mol. The second kappa shape index (κ2) is 2.71. The molecule has 0 bridgehead atoms. The van der Waals surface area contributed by atoms with Crippen LogP contribution in [0.3, 0.4) is 0 Å². The molecule has 1 N–H and O–H groups in total. The number of hydrogen-bond donors (Lipinski definition) is 1. The van der Waals surface area contributed by atoms with Crippen molar-refractivity contribution in [2.45, 2.75) is 17.8 Å². The molecular weight excluding hydrogens is 211 g/mol. The molecule has 1 aromatic heterocycles. The lowest BCUT2D eigenvalue weighted by Crippen LogP contribution is -2.28. The lowest BCUT2D eigenvalue weighted by Gasteiger charge is -2.11. The standard InChI is InChI=1S/C9H6F3NO2/c10-6-3-13-2-1-5(6)8(7(14)15)4-9(8,11)12/h1-3H,4H2,(H,14,15). The van der Waals surface area contributed by atoms with Crippen molar-refractivity contribution in [3.05, 3.63) is 29.8 Å². The number of aliphatic carboxylic acids is 1. The van der Waals surface area contributed by atoms with Crippen LogP contribution < -0.4 is 0 Å². The van der Waals surface area contributed by atoms with E-state index in [0.29, 0.717) is 0 Å². The topological polar surface area (TPSA) is 50.2 Å². The molecule has 0 spiro atoms. The lowest BCUT2D eigenvalue weighted by molar-refractivity contribution is -0.143. The first-order valence-corrected chi connectivity index (χ1v) is 4.13. The monoisotopic (exact) mass is 217 g/mol. The minimum Gasteiger partial charge on any atom is -0.480 e. The third-order valence-electron chi connectivity index (χ3n) is 2.58. The van der Waals surface area contributed by atoms with E-state index in [1.54, 1.807) is 0 Å². The van der Waals surface area contributed by atoms with Crippen molar-refractivity contribution in [2.24, 2.45) is 0 Å². The SMILES string of the molecule is O=C(O)C1(c2ccncc2F)CC1(F)F. The van der Waals surface area contributed by atoms with Gasteiger partial charge in [-0.15, -0.1) is 0 Å². The summed E-state index contributed by atoms with van der Waals surface area (Å²) < 4.78 is 39.2. The molecule has 0 radical (unpaired) electrons. The smallest absolute Gasteiger partial charge is 0.320 e. The molecule has 3 nitrogen and oxygen atoms in total. The average Bonchev–Trinajstić information content (AvgIpc) is 2.71. The normalized spacial score (nSPS) is 27.4. The molecule has 1 aliphatic carbocycles. The molecule has 15 heavy (non-hydrogen) atoms. The van der Waals surface area contributed by atoms with E-state index < -0.39 is 35.1 Å². The van der Waals surface area contributed by atoms with E-state index in [9.17, 15) is 18.0 Å². The van der Waals surface area contributed by atoms with Crippen LogP contribution in [0.4, 0.5) is 13.2 Å². The first-order valence-electron chi connectivity index (χ1n) is 4.13. The summed E-state index contributed by atoms with van der Waals surface area (Å²) in [6.07, 6.45) is 0.961. The molecule has 0 saturated heterocycles. The summed E-state index contributed by atoms with van der Waals surface area (Å²) in [4.78, 5) is 14.2. The summed E-state index contributed by atoms with van der Waals surface area (Å²) in [5, 5.41) is 8.75. The van der Waals surface area contributed by atoms with Crippen molar-refractivity contribution < 1.29 is 23.1 Å². The second-order valence-electron chi connectivity index (χ2n) is 3.45. The molecule has 80 valence electrons. The number of carboxylic acids is 1. The van der Waals surface area contributed by atoms with Gasteiger partial charge in [0, 0.05) is 18.2 Å². The Morgan fingerprint density at radius 2 is 2.13 bits per heavy atom. The molecule has 1 saturated carbocycles. The van der Waals surface area contributed by atoms with Gasteiger partial charge in [0.15, 0.2) is 5.41 Å². The van der Waals surface area contributed by atoms with Gasteiger partial charge in [0.05, 0.1) is 6.20 Å². The highest BCUT2D eigenvalue weighted by atomic mass is 19.3. The van der Waals surface area contributed by atoms with E-state index in [2.05, 4.69) is 4.98 Å². The molecule has 1 atom stereocenters. The number of aromatic nitrogens is 1. The summed E-state index contributed by atoms with van der Waals surface area (Å²) in [6, 6.07) is 0.977. The summed E-state index contributed by atoms with van der Waals surface area (Å²) in [6.45, 7) is 0. The van der Waals surface area contributed by atoms with Crippen LogP contribution in [-0.2, 0) is 10.2 Å². The van der Waals surface area contributed by atoms with E-state index in [4.69, 9.17) is 5.11 Å². The Labute approximate surface area is 82.6 Å². The van der Waals surface area contributed by atoms with Gasteiger partial charge in [0.2, 0.25) is 0 Å². The fourth-order valence-electron chi connectivity index (χ4n) is 1.65. The zero-order valence-corrected chi connectivity index (χ0v) is 7.38. The van der Waals surface area contributed by atoms with Crippen LogP contribution in [0.15, 0.2) is 18.5 Å². The maximum absolute atomic E-state index is 13.2. The minimum absolute atomic E-state index is 0.505. The van der Waals surface area contributed by atoms with Crippen LogP contribution in [-0.4, -0.2) is 22.0 Å². The van der Waals surface area contributed by atoms with Crippen LogP contribution in [0.25, 0.3) is 0 Å². The number of halogens is 3. The number of pyridine rings is 1. The van der Waals surface area contributed by atoms with Crippen molar-refractivity contribution in [3.8, 4) is 0 Å². The van der Waals surface area contributed by atoms with Crippen molar-refractivity contribution >= 4 is 5.97 Å². The van der Waals surface area contributed by atoms with Crippen LogP contribution in [0.2, 0.25) is 0 Å². The van der Waals surface area contributed by atoms with Gasteiger partial charge in [-0.05, 0) is 6.07 Å². The highest BCUT2D eigenvalue weighted by Crippen LogP contribution is 2.62. The van der Waals surface area contributed by atoms with Crippen LogP contribution in [0.5, 0.6) is 0 Å². The van der Waals surface area contributed by atoms with Gasteiger partial charge in [-0.2, -0.15) is 0 Å². The highest BCUT2D eigenvalue weighted by molar-refractivity contribution is 5.87. The Balaban J connectivity index is 2.55. The third kappa shape index (κ3) is 1.14. The van der Waals surface area contributed by atoms with E-state index >= 15 is 0 Å². The van der Waals surface area contributed by atoms with Gasteiger partial charge < -0.3 is 5.11 Å². The predicted molar refractivity (Wildman–Crippen MR) is 43.1 cm³/mol. The van der Waals surface area contributed by atoms with Crippen molar-refractivity contribution in [1.82, 2.24) is 4.98 Å². The zero-order valence-electron chi connectivity index (χ0n) is 7.38. The predicted octanol–water partition coefficient (Wildman–Crippen LogP) is 1.58. The molecule has 0 aromatic carbocycles. The summed E-state index contributed by atoms with van der Waals surface area (Å²) in [5.74, 6) is -6.12. The first-order chi connectivity index (χ1) is 6.92. The maximum atomic E-state index is 13.2. The minimum atomic E-state index is -3.39. The van der Waals surface area contributed by atoms with Gasteiger partial charge in [0.1, 0.15) is 5.82 Å². The number of carbonyl (C=O) groups is 1. The summed E-state index contributed by atoms with van der Waals surface area (Å²) >= 11 is 0. The third-order valence-corrected chi connectivity index (χ3v) is 2.58. The Hall–Kier alpha value is -1.59. The molecule has 2 rings (SSSR count). The van der Waals surface area contributed by atoms with E-state index in [-0.39, 0.29) is 0 Å². The van der Waals surface area contributed by atoms with Crippen molar-refractivity contribution in [2.75, 3.05) is 0 Å². The molecule has 6 heteroatoms. The Morgan fingerprint density at radius 1 is 1.53 bits per heavy atom. The molecule has 1 aliphatic rings. The highest BCUT2D eigenvalue weighted by Gasteiger charge is 2.78. The molecule has 0 amide bonds. The molecule has 1 unspecified atom stereocenters. The quantitative estimate of drug-likeness (QED) is 0.818. The fourth-order valence-corrected chi connectivity index (χ4v) is 1.65. The van der Waals surface area contributed by atoms with Crippen LogP contribution in [0.1, 0.15) is 12.0 Å². The molecule has 1 aromatic rings. The number of hydrogen-bond acceptors (Lipinski definition) is 2. The second-order valence-corrected chi connectivity index (χ2v) is 3.45. The van der Waals surface area contributed by atoms with Crippen LogP contribution in [0, 0.1) is 5.82 Å². The van der Waals surface area contributed by atoms with Crippen molar-refractivity contribution in [1.29, 1.82) is 0 Å². The lowest BCUT2D eigenvalue weighted by atomic mass is 9.96. The summed E-state index contributed by atoms with van der Waals surface area (Å²) in [7, 11) is 0. The first kappa shape index (κ1) is 9.95. The number of rotatable bonds is 2. The number of carboxylic acid groups (broad SMARTS) is 1. The largest absolute Gasteiger partial charge is 0.480 e. The fraction of sp³-hybridized carbons (Fsp3) is 0.333. The zero-order chi connectivity index (χ0) is 11.3. The Morgan fingerprint density at radius 3 is 2.53 bits per heavy atom. The molecule has 0 aliphatic heterocycles. The van der Waals surface area contributed by atoms with Gasteiger partial charge in [-0.25, -0.2) is 13.2 Å². The van der Waals surface area contributed by atoms with Crippen molar-refractivity contribution in [3.63, 3.8) is 0 Å². The van der Waals surface area contributed by atoms with E-state index in [0.717, 1.165) is 18.5 Å². The Bertz CT molecular complexity index is 435. The molecule has 1 fully saturated rings. The van der Waals surface area contributed by atoms with Gasteiger partial charge >= 0.3 is 5.97 Å². The van der Waals surface area contributed by atoms with Crippen LogP contribution >= 0.6 is 0 Å². The van der Waals surface area contributed by atoms with Gasteiger partial charge in [0.25, 0.3) is 5.92 Å². The van der Waals surface area contributed by atoms with E-state index in [1.165, 1.54) is 0 Å². The maximum Gasteiger partial charge on any atom is 0.320 e. The molecular formula is C9H6F3NO2. The molecule has 1 heterocycles. The van der Waals surface area contributed by atoms with E-state index in [1.807, 2.05) is 0 Å². The number of alkyl halides is 2. The Kier molecular flexibility index (Phi) is 1.80. The van der Waals surface area contributed by atoms with Gasteiger partial charge in [-0.3, -0.25) is 9.78 Å². The number of nitrogens with zero attached hydrogens (tertiary/aromatic N) is 1.